The van der Waals surface area contributed by atoms with Crippen LogP contribution in [0.3, 0.4) is 0 Å². The molecule has 1 aliphatic heterocycles. The zero-order valence-corrected chi connectivity index (χ0v) is 22.0. The van der Waals surface area contributed by atoms with Crippen LogP contribution in [0, 0.1) is 18.3 Å². The summed E-state index contributed by atoms with van der Waals surface area (Å²) in [5.41, 5.74) is 0.943. The van der Waals surface area contributed by atoms with Crippen LogP contribution in [-0.2, 0) is 26.2 Å². The van der Waals surface area contributed by atoms with Gasteiger partial charge in [-0.05, 0) is 46.2 Å². The van der Waals surface area contributed by atoms with Gasteiger partial charge in [-0.1, -0.05) is 17.7 Å². The summed E-state index contributed by atoms with van der Waals surface area (Å²) in [5.74, 6) is 1.01. The predicted octanol–water partition coefficient (Wildman–Crippen LogP) is 4.20. The highest BCUT2D eigenvalue weighted by molar-refractivity contribution is 5.84. The summed E-state index contributed by atoms with van der Waals surface area (Å²) < 4.78 is 44.9. The van der Waals surface area contributed by atoms with Crippen LogP contribution in [0.25, 0.3) is 11.2 Å². The van der Waals surface area contributed by atoms with Gasteiger partial charge in [0.25, 0.3) is 0 Å². The highest BCUT2D eigenvalue weighted by atomic mass is 19.4. The minimum Gasteiger partial charge on any atom is -0.349 e. The van der Waals surface area contributed by atoms with E-state index in [0.717, 1.165) is 0 Å². The zero-order valence-electron chi connectivity index (χ0n) is 22.0. The van der Waals surface area contributed by atoms with Gasteiger partial charge >= 0.3 is 11.9 Å². The first-order valence-corrected chi connectivity index (χ1v) is 12.4. The number of rotatable bonds is 5. The number of nitrogens with zero attached hydrogens (tertiary/aromatic N) is 7. The number of aromatic nitrogens is 4. The van der Waals surface area contributed by atoms with Crippen molar-refractivity contribution in [2.24, 2.45) is 7.05 Å². The van der Waals surface area contributed by atoms with Crippen LogP contribution < -0.4 is 10.6 Å². The maximum absolute atomic E-state index is 13.9. The molecule has 1 aliphatic rings. The molecule has 198 valence electrons. The van der Waals surface area contributed by atoms with E-state index >= 15 is 0 Å². The summed E-state index contributed by atoms with van der Waals surface area (Å²) in [6.45, 7) is 10.8. The van der Waals surface area contributed by atoms with Gasteiger partial charge in [-0.3, -0.25) is 9.47 Å². The number of benzene rings is 1. The van der Waals surface area contributed by atoms with Crippen molar-refractivity contribution < 1.29 is 13.2 Å². The Morgan fingerprint density at radius 1 is 1.19 bits per heavy atom. The van der Waals surface area contributed by atoms with Gasteiger partial charge in [0, 0.05) is 44.8 Å². The fraction of sp³-hybridized carbons (Fsp3) is 0.538. The minimum absolute atomic E-state index is 0.103. The molecule has 4 rings (SSSR count). The molecule has 1 unspecified atom stereocenters. The summed E-state index contributed by atoms with van der Waals surface area (Å²) in [7, 11) is 1.64. The zero-order chi connectivity index (χ0) is 27.2. The summed E-state index contributed by atoms with van der Waals surface area (Å²) in [5, 5.41) is 9.27. The molecule has 11 heteroatoms. The Morgan fingerprint density at radius 3 is 2.51 bits per heavy atom. The molecule has 0 aliphatic carbocycles. The van der Waals surface area contributed by atoms with Gasteiger partial charge in [-0.15, -0.1) is 0 Å². The smallest absolute Gasteiger partial charge is 0.349 e. The van der Waals surface area contributed by atoms with Crippen LogP contribution >= 0.6 is 0 Å². The average Bonchev–Trinajstić information content (AvgIpc) is 3.20. The van der Waals surface area contributed by atoms with Crippen molar-refractivity contribution in [3.05, 3.63) is 51.2 Å². The summed E-state index contributed by atoms with van der Waals surface area (Å²) >= 11 is 0. The normalized spacial score (nSPS) is 19.8. The highest BCUT2D eigenvalue weighted by Gasteiger charge is 2.39. The van der Waals surface area contributed by atoms with Crippen molar-refractivity contribution in [3.63, 3.8) is 0 Å². The third-order valence-corrected chi connectivity index (χ3v) is 7.36. The molecule has 0 bridgehead atoms. The second kappa shape index (κ2) is 9.82. The van der Waals surface area contributed by atoms with Crippen molar-refractivity contribution in [2.45, 2.75) is 71.9 Å². The Balaban J connectivity index is 1.72. The van der Waals surface area contributed by atoms with E-state index in [2.05, 4.69) is 16.0 Å². The monoisotopic (exact) mass is 515 g/mol. The fourth-order valence-corrected chi connectivity index (χ4v) is 5.47. The number of alkyl halides is 3. The van der Waals surface area contributed by atoms with E-state index < -0.39 is 23.5 Å². The van der Waals surface area contributed by atoms with Crippen molar-refractivity contribution in [1.82, 2.24) is 24.0 Å². The van der Waals surface area contributed by atoms with Crippen LogP contribution in [0.4, 0.5) is 19.0 Å². The van der Waals surface area contributed by atoms with Crippen LogP contribution in [0.2, 0.25) is 0 Å². The molecule has 0 radical (unpaired) electrons. The molecule has 0 N–H and O–H groups in total. The van der Waals surface area contributed by atoms with Gasteiger partial charge in [0.05, 0.1) is 18.1 Å². The predicted molar refractivity (Wildman–Crippen MR) is 135 cm³/mol. The number of hydrogen-bond donors (Lipinski definition) is 0. The summed E-state index contributed by atoms with van der Waals surface area (Å²) in [6.07, 6.45) is -4.34. The Labute approximate surface area is 213 Å². The lowest BCUT2D eigenvalue weighted by Crippen LogP contribution is -2.57. The standard InChI is InChI=1S/C26H32F3N7O/c1-7-34-21(10-11-30)31-22-23(32-25(37)33(6)24(22)34)36-14-16(3)35(13-17(36)4)18(5)19-9-8-15(2)12-20(19)26(27,28)29/h8-9,12,16-18H,7,10,13-14H2,1-6H3/t16-,17+,18?/m1/s1. The van der Waals surface area contributed by atoms with Crippen LogP contribution in [0.1, 0.15) is 56.3 Å². The fourth-order valence-electron chi connectivity index (χ4n) is 5.47. The first-order valence-electron chi connectivity index (χ1n) is 12.4. The molecule has 3 atom stereocenters. The van der Waals surface area contributed by atoms with E-state index in [1.807, 2.05) is 37.2 Å². The topological polar surface area (TPSA) is 83.0 Å². The molecule has 37 heavy (non-hydrogen) atoms. The maximum atomic E-state index is 13.9. The van der Waals surface area contributed by atoms with E-state index in [0.29, 0.717) is 48.0 Å². The molecule has 8 nitrogen and oxygen atoms in total. The van der Waals surface area contributed by atoms with Gasteiger partial charge in [-0.2, -0.15) is 23.4 Å². The average molecular weight is 516 g/mol. The molecule has 3 heterocycles. The number of imidazole rings is 1. The molecule has 0 saturated carbocycles. The summed E-state index contributed by atoms with van der Waals surface area (Å²) in [6, 6.07) is 5.90. The molecule has 2 aromatic heterocycles. The molecule has 1 aromatic carbocycles. The Kier molecular flexibility index (Phi) is 7.08. The second-order valence-electron chi connectivity index (χ2n) is 9.87. The minimum atomic E-state index is -4.44. The number of nitriles is 1. The van der Waals surface area contributed by atoms with Gasteiger partial charge in [-0.25, -0.2) is 9.78 Å². The van der Waals surface area contributed by atoms with Crippen LogP contribution in [-0.4, -0.2) is 49.2 Å². The molecule has 0 spiro atoms. The molecular formula is C26H32F3N7O. The van der Waals surface area contributed by atoms with Crippen LogP contribution in [0.15, 0.2) is 23.0 Å². The third kappa shape index (κ3) is 4.70. The largest absolute Gasteiger partial charge is 0.416 e. The maximum Gasteiger partial charge on any atom is 0.416 e. The number of fused-ring (bicyclic) bond motifs is 1. The van der Waals surface area contributed by atoms with Crippen LogP contribution in [0.5, 0.6) is 0 Å². The first-order chi connectivity index (χ1) is 17.4. The number of piperazine rings is 1. The highest BCUT2D eigenvalue weighted by Crippen LogP contribution is 2.39. The van der Waals surface area contributed by atoms with Gasteiger partial charge < -0.3 is 9.47 Å². The second-order valence-corrected chi connectivity index (χ2v) is 9.87. The lowest BCUT2D eigenvalue weighted by Gasteiger charge is -2.47. The van der Waals surface area contributed by atoms with E-state index in [9.17, 15) is 23.2 Å². The Bertz CT molecular complexity index is 1420. The molecule has 0 amide bonds. The van der Waals surface area contributed by atoms with E-state index in [1.165, 1.54) is 10.6 Å². The van der Waals surface area contributed by atoms with E-state index in [4.69, 9.17) is 4.98 Å². The summed E-state index contributed by atoms with van der Waals surface area (Å²) in [4.78, 5) is 26.0. The van der Waals surface area contributed by atoms with Crippen molar-refractivity contribution in [1.29, 1.82) is 5.26 Å². The van der Waals surface area contributed by atoms with Crippen molar-refractivity contribution >= 4 is 17.0 Å². The lowest BCUT2D eigenvalue weighted by molar-refractivity contribution is -0.138. The Morgan fingerprint density at radius 2 is 1.89 bits per heavy atom. The van der Waals surface area contributed by atoms with Gasteiger partial charge in [0.2, 0.25) is 0 Å². The number of anilines is 1. The van der Waals surface area contributed by atoms with Crippen molar-refractivity contribution in [2.75, 3.05) is 18.0 Å². The molecule has 1 saturated heterocycles. The molecule has 3 aromatic rings. The molecule has 1 fully saturated rings. The number of hydrogen-bond acceptors (Lipinski definition) is 6. The quantitative estimate of drug-likeness (QED) is 0.507. The van der Waals surface area contributed by atoms with Crippen molar-refractivity contribution in [3.8, 4) is 6.07 Å². The number of halogens is 3. The van der Waals surface area contributed by atoms with Gasteiger partial charge in [0.15, 0.2) is 5.82 Å². The molecular weight excluding hydrogens is 483 g/mol. The van der Waals surface area contributed by atoms with E-state index in [1.54, 1.807) is 26.1 Å². The lowest BCUT2D eigenvalue weighted by atomic mass is 9.95. The van der Waals surface area contributed by atoms with Gasteiger partial charge in [0.1, 0.15) is 17.0 Å². The van der Waals surface area contributed by atoms with E-state index in [-0.39, 0.29) is 24.1 Å². The SMILES string of the molecule is CCn1c(CC#N)nc2c(N3C[C@@H](C)N(C(C)c4ccc(C)cc4C(F)(F)F)C[C@@H]3C)nc(=O)n(C)c21. The number of aryl methyl sites for hydroxylation is 3. The Hall–Kier alpha value is -3.39. The third-order valence-electron chi connectivity index (χ3n) is 7.36. The first kappa shape index (κ1) is 26.7.